The highest BCUT2D eigenvalue weighted by atomic mass is 16.7. The number of anilines is 1. The van der Waals surface area contributed by atoms with Crippen LogP contribution < -0.4 is 5.32 Å². The van der Waals surface area contributed by atoms with Crippen LogP contribution in [0.2, 0.25) is 0 Å². The highest BCUT2D eigenvalue weighted by molar-refractivity contribution is 5.88. The topological polar surface area (TPSA) is 71.0 Å². The summed E-state index contributed by atoms with van der Waals surface area (Å²) in [6.07, 6.45) is 4.17. The number of ether oxygens (including phenoxy) is 2. The lowest BCUT2D eigenvalue weighted by Crippen LogP contribution is -2.41. The van der Waals surface area contributed by atoms with Crippen molar-refractivity contribution in [1.29, 1.82) is 0 Å². The first-order valence-corrected chi connectivity index (χ1v) is 11.2. The average Bonchev–Trinajstić information content (AvgIpc) is 2.80. The molecule has 2 aliphatic rings. The van der Waals surface area contributed by atoms with Gasteiger partial charge < -0.3 is 24.8 Å². The Labute approximate surface area is 184 Å². The molecule has 6 nitrogen and oxygen atoms in total. The van der Waals surface area contributed by atoms with Crippen molar-refractivity contribution in [2.24, 2.45) is 0 Å². The third-order valence-electron chi connectivity index (χ3n) is 6.03. The first-order chi connectivity index (χ1) is 15.1. The van der Waals surface area contributed by atoms with Crippen LogP contribution in [0.3, 0.4) is 0 Å². The predicted octanol–water partition coefficient (Wildman–Crippen LogP) is 4.17. The van der Waals surface area contributed by atoms with Gasteiger partial charge in [-0.2, -0.15) is 0 Å². The number of piperidine rings is 1. The normalized spacial score (nSPS) is 24.6. The van der Waals surface area contributed by atoms with E-state index in [-0.39, 0.29) is 24.7 Å². The van der Waals surface area contributed by atoms with E-state index in [2.05, 4.69) is 10.2 Å². The molecule has 6 heteroatoms. The second-order valence-electron chi connectivity index (χ2n) is 8.51. The van der Waals surface area contributed by atoms with Crippen LogP contribution in [0.5, 0.6) is 0 Å². The van der Waals surface area contributed by atoms with E-state index in [9.17, 15) is 9.90 Å². The molecule has 2 fully saturated rings. The number of amides is 1. The molecule has 166 valence electrons. The van der Waals surface area contributed by atoms with Crippen LogP contribution in [-0.4, -0.2) is 41.7 Å². The zero-order valence-electron chi connectivity index (χ0n) is 18.1. The Morgan fingerprint density at radius 1 is 1.00 bits per heavy atom. The molecular formula is C25H32N2O4. The summed E-state index contributed by atoms with van der Waals surface area (Å²) in [4.78, 5) is 13.8. The van der Waals surface area contributed by atoms with Crippen molar-refractivity contribution in [3.63, 3.8) is 0 Å². The monoisotopic (exact) mass is 424 g/mol. The Kier molecular flexibility index (Phi) is 7.35. The molecule has 2 aromatic carbocycles. The SMILES string of the molecule is CC(=O)Nc1ccc([C@@H]2O[C@H](CN3CCCCC3)C[C@H](c3ccc(CO)cc3)O2)cc1. The maximum Gasteiger partial charge on any atom is 0.221 e. The fourth-order valence-corrected chi connectivity index (χ4v) is 4.39. The molecule has 0 aromatic heterocycles. The second kappa shape index (κ2) is 10.4. The van der Waals surface area contributed by atoms with Crippen molar-refractivity contribution in [2.75, 3.05) is 25.0 Å². The van der Waals surface area contributed by atoms with Crippen LogP contribution in [-0.2, 0) is 20.9 Å². The van der Waals surface area contributed by atoms with Crippen LogP contribution in [0, 0.1) is 0 Å². The lowest BCUT2D eigenvalue weighted by atomic mass is 9.99. The predicted molar refractivity (Wildman–Crippen MR) is 119 cm³/mol. The van der Waals surface area contributed by atoms with Gasteiger partial charge in [0.15, 0.2) is 6.29 Å². The minimum absolute atomic E-state index is 0.0375. The van der Waals surface area contributed by atoms with E-state index in [1.807, 2.05) is 48.5 Å². The lowest BCUT2D eigenvalue weighted by Gasteiger charge is -2.39. The largest absolute Gasteiger partial charge is 0.392 e. The van der Waals surface area contributed by atoms with Crippen LogP contribution in [0.15, 0.2) is 48.5 Å². The fourth-order valence-electron chi connectivity index (χ4n) is 4.39. The zero-order valence-corrected chi connectivity index (χ0v) is 18.1. The summed E-state index contributed by atoms with van der Waals surface area (Å²) in [5.74, 6) is -0.0918. The third kappa shape index (κ3) is 5.92. The Morgan fingerprint density at radius 3 is 2.32 bits per heavy atom. The van der Waals surface area contributed by atoms with Crippen molar-refractivity contribution in [3.05, 3.63) is 65.2 Å². The van der Waals surface area contributed by atoms with Crippen molar-refractivity contribution < 1.29 is 19.4 Å². The van der Waals surface area contributed by atoms with Gasteiger partial charge in [0, 0.05) is 31.1 Å². The summed E-state index contributed by atoms with van der Waals surface area (Å²) < 4.78 is 12.8. The van der Waals surface area contributed by atoms with Crippen LogP contribution in [0.25, 0.3) is 0 Å². The van der Waals surface area contributed by atoms with Crippen LogP contribution >= 0.6 is 0 Å². The van der Waals surface area contributed by atoms with Gasteiger partial charge in [0.05, 0.1) is 18.8 Å². The number of hydrogen-bond donors (Lipinski definition) is 2. The molecule has 0 aliphatic carbocycles. The van der Waals surface area contributed by atoms with Gasteiger partial charge >= 0.3 is 0 Å². The fraction of sp³-hybridized carbons (Fsp3) is 0.480. The zero-order chi connectivity index (χ0) is 21.6. The van der Waals surface area contributed by atoms with Crippen molar-refractivity contribution in [1.82, 2.24) is 4.90 Å². The molecule has 2 heterocycles. The van der Waals surface area contributed by atoms with Crippen molar-refractivity contribution in [3.8, 4) is 0 Å². The van der Waals surface area contributed by atoms with E-state index in [0.29, 0.717) is 0 Å². The number of hydrogen-bond acceptors (Lipinski definition) is 5. The lowest BCUT2D eigenvalue weighted by molar-refractivity contribution is -0.253. The molecule has 0 saturated carbocycles. The van der Waals surface area contributed by atoms with E-state index < -0.39 is 6.29 Å². The number of nitrogens with zero attached hydrogens (tertiary/aromatic N) is 1. The molecule has 0 spiro atoms. The highest BCUT2D eigenvalue weighted by Gasteiger charge is 2.33. The van der Waals surface area contributed by atoms with Gasteiger partial charge in [-0.1, -0.05) is 42.8 Å². The van der Waals surface area contributed by atoms with E-state index >= 15 is 0 Å². The summed E-state index contributed by atoms with van der Waals surface area (Å²) in [7, 11) is 0. The molecule has 4 rings (SSSR count). The van der Waals surface area contributed by atoms with E-state index in [4.69, 9.17) is 9.47 Å². The summed E-state index contributed by atoms with van der Waals surface area (Å²) in [5.41, 5.74) is 3.69. The summed E-state index contributed by atoms with van der Waals surface area (Å²) in [5, 5.41) is 12.1. The van der Waals surface area contributed by atoms with Crippen molar-refractivity contribution >= 4 is 11.6 Å². The van der Waals surface area contributed by atoms with Gasteiger partial charge in [0.1, 0.15) is 0 Å². The van der Waals surface area contributed by atoms with Gasteiger partial charge in [-0.15, -0.1) is 0 Å². The Hall–Kier alpha value is -2.25. The Morgan fingerprint density at radius 2 is 1.68 bits per heavy atom. The Bertz CT molecular complexity index is 847. The van der Waals surface area contributed by atoms with E-state index in [0.717, 1.165) is 48.4 Å². The average molecular weight is 425 g/mol. The quantitative estimate of drug-likeness (QED) is 0.728. The molecule has 3 atom stereocenters. The van der Waals surface area contributed by atoms with Gasteiger partial charge in [-0.25, -0.2) is 0 Å². The van der Waals surface area contributed by atoms with Gasteiger partial charge in [-0.05, 0) is 49.2 Å². The molecule has 0 radical (unpaired) electrons. The molecule has 0 unspecified atom stereocenters. The van der Waals surface area contributed by atoms with Gasteiger partial charge in [-0.3, -0.25) is 4.79 Å². The first kappa shape index (κ1) is 22.0. The molecular weight excluding hydrogens is 392 g/mol. The number of aliphatic hydroxyl groups excluding tert-OH is 1. The smallest absolute Gasteiger partial charge is 0.221 e. The van der Waals surface area contributed by atoms with Crippen LogP contribution in [0.1, 0.15) is 61.7 Å². The number of aliphatic hydroxyl groups is 1. The highest BCUT2D eigenvalue weighted by Crippen LogP contribution is 2.38. The number of nitrogens with one attached hydrogen (secondary N) is 1. The van der Waals surface area contributed by atoms with Crippen molar-refractivity contribution in [2.45, 2.75) is 57.7 Å². The minimum Gasteiger partial charge on any atom is -0.392 e. The molecule has 0 bridgehead atoms. The third-order valence-corrected chi connectivity index (χ3v) is 6.03. The van der Waals surface area contributed by atoms with E-state index in [1.165, 1.54) is 26.2 Å². The molecule has 2 aromatic rings. The number of carbonyl (C=O) groups excluding carboxylic acids is 1. The summed E-state index contributed by atoms with van der Waals surface area (Å²) >= 11 is 0. The summed E-state index contributed by atoms with van der Waals surface area (Å²) in [6, 6.07) is 15.6. The molecule has 2 saturated heterocycles. The Balaban J connectivity index is 1.52. The molecule has 31 heavy (non-hydrogen) atoms. The molecule has 2 N–H and O–H groups in total. The van der Waals surface area contributed by atoms with E-state index in [1.54, 1.807) is 0 Å². The first-order valence-electron chi connectivity index (χ1n) is 11.2. The number of rotatable bonds is 6. The number of benzene rings is 2. The maximum atomic E-state index is 11.3. The standard InChI is InChI=1S/C25H32N2O4/c1-18(29)26-22-11-9-21(10-12-22)25-30-23(16-27-13-3-2-4-14-27)15-24(31-25)20-7-5-19(17-28)6-8-20/h5-12,23-25,28H,2-4,13-17H2,1H3,(H,26,29)/t23-,24+,25+/m0/s1. The molecule has 2 aliphatic heterocycles. The molecule has 1 amide bonds. The number of carbonyl (C=O) groups is 1. The number of likely N-dealkylation sites (tertiary alicyclic amines) is 1. The second-order valence-corrected chi connectivity index (χ2v) is 8.51. The van der Waals surface area contributed by atoms with Gasteiger partial charge in [0.2, 0.25) is 5.91 Å². The van der Waals surface area contributed by atoms with Crippen LogP contribution in [0.4, 0.5) is 5.69 Å². The summed E-state index contributed by atoms with van der Waals surface area (Å²) in [6.45, 7) is 4.71. The minimum atomic E-state index is -0.461. The maximum absolute atomic E-state index is 11.3. The van der Waals surface area contributed by atoms with Gasteiger partial charge in [0.25, 0.3) is 0 Å².